The molecule has 0 fully saturated rings. The van der Waals surface area contributed by atoms with Gasteiger partial charge in [-0.05, 0) is 42.8 Å². The fraction of sp³-hybridized carbons (Fsp3) is 0.0952. The molecule has 0 bridgehead atoms. The Labute approximate surface area is 171 Å². The van der Waals surface area contributed by atoms with Crippen molar-refractivity contribution < 1.29 is 9.21 Å². The van der Waals surface area contributed by atoms with E-state index in [-0.39, 0.29) is 5.76 Å². The van der Waals surface area contributed by atoms with E-state index in [0.717, 1.165) is 11.1 Å². The summed E-state index contributed by atoms with van der Waals surface area (Å²) in [4.78, 5) is 30.1. The molecule has 0 spiro atoms. The highest BCUT2D eigenvalue weighted by atomic mass is 35.5. The molecule has 0 aliphatic rings. The smallest absolute Gasteiger partial charge is 0.294 e. The van der Waals surface area contributed by atoms with Crippen LogP contribution in [0.2, 0.25) is 5.02 Å². The number of carbonyl (C=O) groups excluding carboxylic acids is 1. The number of nitrogens with zero attached hydrogens (tertiary/aromatic N) is 4. The van der Waals surface area contributed by atoms with E-state index in [2.05, 4.69) is 25.3 Å². The van der Waals surface area contributed by atoms with Gasteiger partial charge in [-0.2, -0.15) is 0 Å². The van der Waals surface area contributed by atoms with Crippen LogP contribution in [-0.4, -0.2) is 25.8 Å². The van der Waals surface area contributed by atoms with E-state index < -0.39 is 5.91 Å². The molecule has 1 N–H and O–H groups in total. The van der Waals surface area contributed by atoms with Crippen LogP contribution in [0.3, 0.4) is 0 Å². The summed E-state index contributed by atoms with van der Waals surface area (Å²) in [5, 5.41) is 3.34. The van der Waals surface area contributed by atoms with Crippen LogP contribution in [-0.2, 0) is 0 Å². The normalized spacial score (nSPS) is 10.7. The second-order valence-corrected chi connectivity index (χ2v) is 6.79. The Morgan fingerprint density at radius 1 is 1.00 bits per heavy atom. The van der Waals surface area contributed by atoms with Crippen LogP contribution in [0.5, 0.6) is 0 Å². The molecule has 0 atom stereocenters. The first-order valence-electron chi connectivity index (χ1n) is 8.80. The molecule has 1 amide bonds. The van der Waals surface area contributed by atoms with Gasteiger partial charge in [0.05, 0.1) is 0 Å². The summed E-state index contributed by atoms with van der Waals surface area (Å²) in [6.45, 7) is 3.64. The Bertz CT molecular complexity index is 1190. The van der Waals surface area contributed by atoms with Crippen LogP contribution >= 0.6 is 11.6 Å². The maximum atomic E-state index is 12.8. The molecule has 3 aromatic heterocycles. The van der Waals surface area contributed by atoms with Crippen molar-refractivity contribution in [2.24, 2.45) is 0 Å². The van der Waals surface area contributed by atoms with E-state index in [9.17, 15) is 4.79 Å². The maximum absolute atomic E-state index is 12.8. The zero-order chi connectivity index (χ0) is 20.4. The highest BCUT2D eigenvalue weighted by Gasteiger charge is 2.21. The molecule has 0 saturated carbocycles. The number of pyridine rings is 1. The number of halogens is 1. The van der Waals surface area contributed by atoms with E-state index in [0.29, 0.717) is 33.9 Å². The van der Waals surface area contributed by atoms with Crippen molar-refractivity contribution in [3.8, 4) is 22.8 Å². The molecule has 0 unspecified atom stereocenters. The molecule has 29 heavy (non-hydrogen) atoms. The van der Waals surface area contributed by atoms with Gasteiger partial charge in [0.15, 0.2) is 11.7 Å². The zero-order valence-electron chi connectivity index (χ0n) is 15.7. The lowest BCUT2D eigenvalue weighted by atomic mass is 10.1. The lowest BCUT2D eigenvalue weighted by molar-refractivity contribution is 0.0996. The average molecular weight is 406 g/mol. The van der Waals surface area contributed by atoms with Gasteiger partial charge in [-0.25, -0.2) is 15.0 Å². The number of hydrogen-bond donors (Lipinski definition) is 1. The monoisotopic (exact) mass is 405 g/mol. The average Bonchev–Trinajstić information content (AvgIpc) is 3.11. The van der Waals surface area contributed by atoms with E-state index >= 15 is 0 Å². The van der Waals surface area contributed by atoms with Crippen LogP contribution in [0.1, 0.15) is 22.0 Å². The predicted molar refractivity (Wildman–Crippen MR) is 110 cm³/mol. The molecule has 8 heteroatoms. The third-order valence-corrected chi connectivity index (χ3v) is 4.35. The number of nitrogens with one attached hydrogen (secondary N) is 1. The zero-order valence-corrected chi connectivity index (χ0v) is 16.4. The first-order chi connectivity index (χ1) is 14.0. The van der Waals surface area contributed by atoms with Crippen molar-refractivity contribution >= 4 is 23.3 Å². The number of amides is 1. The number of rotatable bonds is 4. The van der Waals surface area contributed by atoms with Gasteiger partial charge in [-0.3, -0.25) is 9.78 Å². The van der Waals surface area contributed by atoms with Crippen molar-refractivity contribution in [2.75, 3.05) is 5.32 Å². The van der Waals surface area contributed by atoms with Gasteiger partial charge >= 0.3 is 0 Å². The fourth-order valence-corrected chi connectivity index (χ4v) is 2.89. The summed E-state index contributed by atoms with van der Waals surface area (Å²) in [7, 11) is 0. The number of aryl methyl sites for hydroxylation is 2. The molecule has 4 rings (SSSR count). The Hall–Kier alpha value is -3.58. The summed E-state index contributed by atoms with van der Waals surface area (Å²) < 4.78 is 5.55. The van der Waals surface area contributed by atoms with Gasteiger partial charge in [0.25, 0.3) is 5.91 Å². The number of aromatic nitrogens is 4. The second kappa shape index (κ2) is 7.81. The molecule has 0 saturated heterocycles. The Balaban J connectivity index is 1.62. The highest BCUT2D eigenvalue weighted by Crippen LogP contribution is 2.26. The summed E-state index contributed by atoms with van der Waals surface area (Å²) in [6, 6.07) is 12.4. The van der Waals surface area contributed by atoms with Crippen LogP contribution in [0.4, 0.5) is 5.82 Å². The minimum absolute atomic E-state index is 0.0960. The van der Waals surface area contributed by atoms with Gasteiger partial charge < -0.3 is 9.73 Å². The molecule has 0 radical (unpaired) electrons. The molecule has 1 aromatic carbocycles. The third-order valence-electron chi connectivity index (χ3n) is 4.10. The van der Waals surface area contributed by atoms with E-state index in [1.807, 2.05) is 19.1 Å². The van der Waals surface area contributed by atoms with E-state index in [1.165, 1.54) is 0 Å². The summed E-state index contributed by atoms with van der Waals surface area (Å²) in [5.74, 6) is 0.765. The minimum Gasteiger partial charge on any atom is -0.435 e. The Kier molecular flexibility index (Phi) is 5.05. The van der Waals surface area contributed by atoms with Gasteiger partial charge in [0.1, 0.15) is 17.2 Å². The van der Waals surface area contributed by atoms with Gasteiger partial charge in [0, 0.05) is 29.9 Å². The van der Waals surface area contributed by atoms with Crippen LogP contribution in [0, 0.1) is 13.8 Å². The number of carbonyl (C=O) groups is 1. The first-order valence-corrected chi connectivity index (χ1v) is 9.18. The van der Waals surface area contributed by atoms with Crippen molar-refractivity contribution in [1.82, 2.24) is 19.9 Å². The molecule has 3 heterocycles. The van der Waals surface area contributed by atoms with E-state index in [4.69, 9.17) is 16.0 Å². The lowest BCUT2D eigenvalue weighted by Crippen LogP contribution is -2.13. The topological polar surface area (TPSA) is 93.8 Å². The minimum atomic E-state index is -0.461. The van der Waals surface area contributed by atoms with Crippen molar-refractivity contribution in [1.29, 1.82) is 0 Å². The Morgan fingerprint density at radius 3 is 2.52 bits per heavy atom. The molecule has 0 aliphatic carbocycles. The van der Waals surface area contributed by atoms with Gasteiger partial charge in [-0.15, -0.1) is 0 Å². The molecule has 4 aromatic rings. The van der Waals surface area contributed by atoms with E-state index in [1.54, 1.807) is 49.6 Å². The Morgan fingerprint density at radius 2 is 1.76 bits per heavy atom. The molecule has 144 valence electrons. The maximum Gasteiger partial charge on any atom is 0.294 e. The van der Waals surface area contributed by atoms with Crippen LogP contribution in [0.25, 0.3) is 22.8 Å². The first kappa shape index (κ1) is 18.8. The number of anilines is 1. The quantitative estimate of drug-likeness (QED) is 0.528. The standard InChI is InChI=1S/C21H16ClN5O2/c1-12-7-9-23-16(11-12)20-24-10-8-17(26-20)27-21(28)19-18(25-13(2)29-19)14-3-5-15(22)6-4-14/h3-11H,1-2H3,(H,24,26,27,28). The molecule has 7 nitrogen and oxygen atoms in total. The fourth-order valence-electron chi connectivity index (χ4n) is 2.77. The summed E-state index contributed by atoms with van der Waals surface area (Å²) in [5.41, 5.74) is 2.83. The number of benzene rings is 1. The highest BCUT2D eigenvalue weighted by molar-refractivity contribution is 6.30. The summed E-state index contributed by atoms with van der Waals surface area (Å²) >= 11 is 5.95. The summed E-state index contributed by atoms with van der Waals surface area (Å²) in [6.07, 6.45) is 3.25. The van der Waals surface area contributed by atoms with Crippen molar-refractivity contribution in [3.05, 3.63) is 77.1 Å². The molecule has 0 aliphatic heterocycles. The SMILES string of the molecule is Cc1ccnc(-c2nccc(NC(=O)c3oc(C)nc3-c3ccc(Cl)cc3)n2)c1. The second-order valence-electron chi connectivity index (χ2n) is 6.36. The van der Waals surface area contributed by atoms with Crippen molar-refractivity contribution in [2.45, 2.75) is 13.8 Å². The number of hydrogen-bond acceptors (Lipinski definition) is 6. The third kappa shape index (κ3) is 4.14. The number of oxazole rings is 1. The molecular weight excluding hydrogens is 390 g/mol. The predicted octanol–water partition coefficient (Wildman–Crippen LogP) is 4.72. The largest absolute Gasteiger partial charge is 0.435 e. The van der Waals surface area contributed by atoms with Crippen LogP contribution < -0.4 is 5.32 Å². The van der Waals surface area contributed by atoms with Crippen molar-refractivity contribution in [3.63, 3.8) is 0 Å². The lowest BCUT2D eigenvalue weighted by Gasteiger charge is -2.06. The van der Waals surface area contributed by atoms with Gasteiger partial charge in [-0.1, -0.05) is 23.7 Å². The molecular formula is C21H16ClN5O2. The van der Waals surface area contributed by atoms with Crippen LogP contribution in [0.15, 0.2) is 59.3 Å². The van der Waals surface area contributed by atoms with Gasteiger partial charge in [0.2, 0.25) is 5.76 Å².